The zero-order valence-corrected chi connectivity index (χ0v) is 11.1. The molecule has 0 saturated carbocycles. The van der Waals surface area contributed by atoms with Gasteiger partial charge in [0.2, 0.25) is 0 Å². The zero-order chi connectivity index (χ0) is 12.1. The largest absolute Gasteiger partial charge is 0.372 e. The lowest BCUT2D eigenvalue weighted by atomic mass is 9.96. The quantitative estimate of drug-likeness (QED) is 0.787. The SMILES string of the molecule is CCN(C)CC1CCN(c2ccccc2)CC1. The van der Waals surface area contributed by atoms with Gasteiger partial charge in [0, 0.05) is 25.3 Å². The first kappa shape index (κ1) is 12.4. The molecule has 1 aromatic rings. The Bertz CT molecular complexity index is 315. The second kappa shape index (κ2) is 6.06. The number of rotatable bonds is 4. The van der Waals surface area contributed by atoms with Crippen LogP contribution in [0.1, 0.15) is 19.8 Å². The van der Waals surface area contributed by atoms with Crippen molar-refractivity contribution >= 4 is 5.69 Å². The molecule has 1 saturated heterocycles. The van der Waals surface area contributed by atoms with Crippen molar-refractivity contribution in [1.82, 2.24) is 4.90 Å². The van der Waals surface area contributed by atoms with Gasteiger partial charge in [-0.1, -0.05) is 25.1 Å². The Labute approximate surface area is 105 Å². The van der Waals surface area contributed by atoms with E-state index in [0.717, 1.165) is 5.92 Å². The van der Waals surface area contributed by atoms with Crippen LogP contribution in [0.4, 0.5) is 5.69 Å². The first-order chi connectivity index (χ1) is 8.29. The second-order valence-corrected chi connectivity index (χ2v) is 5.12. The number of hydrogen-bond donors (Lipinski definition) is 0. The van der Waals surface area contributed by atoms with Crippen LogP contribution in [0, 0.1) is 5.92 Å². The topological polar surface area (TPSA) is 6.48 Å². The van der Waals surface area contributed by atoms with Crippen molar-refractivity contribution in [3.8, 4) is 0 Å². The van der Waals surface area contributed by atoms with Gasteiger partial charge in [0.15, 0.2) is 0 Å². The molecular formula is C15H24N2. The monoisotopic (exact) mass is 232 g/mol. The van der Waals surface area contributed by atoms with Crippen LogP contribution in [0.3, 0.4) is 0 Å². The predicted octanol–water partition coefficient (Wildman–Crippen LogP) is 2.85. The first-order valence-electron chi connectivity index (χ1n) is 6.78. The van der Waals surface area contributed by atoms with Crippen molar-refractivity contribution in [2.24, 2.45) is 5.92 Å². The molecule has 0 amide bonds. The normalized spacial score (nSPS) is 17.7. The molecule has 0 N–H and O–H groups in total. The highest BCUT2D eigenvalue weighted by atomic mass is 15.1. The molecule has 1 fully saturated rings. The highest BCUT2D eigenvalue weighted by Crippen LogP contribution is 2.23. The van der Waals surface area contributed by atoms with Gasteiger partial charge in [-0.25, -0.2) is 0 Å². The molecular weight excluding hydrogens is 208 g/mol. The van der Waals surface area contributed by atoms with E-state index in [-0.39, 0.29) is 0 Å². The third kappa shape index (κ3) is 3.47. The number of nitrogens with zero attached hydrogens (tertiary/aromatic N) is 2. The van der Waals surface area contributed by atoms with Crippen LogP contribution in [-0.4, -0.2) is 38.1 Å². The van der Waals surface area contributed by atoms with Crippen molar-refractivity contribution in [3.05, 3.63) is 30.3 Å². The van der Waals surface area contributed by atoms with E-state index in [1.54, 1.807) is 0 Å². The third-order valence-electron chi connectivity index (χ3n) is 3.85. The van der Waals surface area contributed by atoms with Gasteiger partial charge in [-0.15, -0.1) is 0 Å². The Morgan fingerprint density at radius 1 is 1.18 bits per heavy atom. The van der Waals surface area contributed by atoms with Crippen molar-refractivity contribution in [2.75, 3.05) is 38.1 Å². The Morgan fingerprint density at radius 3 is 2.41 bits per heavy atom. The molecule has 0 aromatic heterocycles. The Morgan fingerprint density at radius 2 is 1.82 bits per heavy atom. The summed E-state index contributed by atoms with van der Waals surface area (Å²) >= 11 is 0. The van der Waals surface area contributed by atoms with E-state index in [4.69, 9.17) is 0 Å². The molecule has 1 aliphatic heterocycles. The van der Waals surface area contributed by atoms with Crippen molar-refractivity contribution < 1.29 is 0 Å². The molecule has 0 unspecified atom stereocenters. The Hall–Kier alpha value is -1.02. The summed E-state index contributed by atoms with van der Waals surface area (Å²) in [4.78, 5) is 4.95. The highest BCUT2D eigenvalue weighted by molar-refractivity contribution is 5.46. The van der Waals surface area contributed by atoms with Gasteiger partial charge in [0.05, 0.1) is 0 Å². The summed E-state index contributed by atoms with van der Waals surface area (Å²) in [6.07, 6.45) is 2.67. The van der Waals surface area contributed by atoms with E-state index in [1.807, 2.05) is 0 Å². The van der Waals surface area contributed by atoms with Gasteiger partial charge >= 0.3 is 0 Å². The molecule has 1 heterocycles. The minimum Gasteiger partial charge on any atom is -0.372 e. The fraction of sp³-hybridized carbons (Fsp3) is 0.600. The summed E-state index contributed by atoms with van der Waals surface area (Å²) in [7, 11) is 2.23. The van der Waals surface area contributed by atoms with Crippen LogP contribution >= 0.6 is 0 Å². The van der Waals surface area contributed by atoms with Crippen LogP contribution < -0.4 is 4.90 Å². The summed E-state index contributed by atoms with van der Waals surface area (Å²) in [5.41, 5.74) is 1.38. The van der Waals surface area contributed by atoms with Gasteiger partial charge in [0.25, 0.3) is 0 Å². The van der Waals surface area contributed by atoms with E-state index < -0.39 is 0 Å². The molecule has 1 aromatic carbocycles. The number of anilines is 1. The maximum absolute atomic E-state index is 2.52. The number of hydrogen-bond acceptors (Lipinski definition) is 2. The van der Waals surface area contributed by atoms with Crippen LogP contribution in [0.5, 0.6) is 0 Å². The summed E-state index contributed by atoms with van der Waals surface area (Å²) in [5, 5.41) is 0. The lowest BCUT2D eigenvalue weighted by Crippen LogP contribution is -2.37. The zero-order valence-electron chi connectivity index (χ0n) is 11.1. The van der Waals surface area contributed by atoms with Gasteiger partial charge < -0.3 is 9.80 Å². The second-order valence-electron chi connectivity index (χ2n) is 5.12. The number of piperidine rings is 1. The van der Waals surface area contributed by atoms with Crippen molar-refractivity contribution in [2.45, 2.75) is 19.8 Å². The molecule has 2 heteroatoms. The van der Waals surface area contributed by atoms with E-state index in [9.17, 15) is 0 Å². The van der Waals surface area contributed by atoms with Gasteiger partial charge in [-0.2, -0.15) is 0 Å². The molecule has 1 aliphatic rings. The average Bonchev–Trinajstić information content (AvgIpc) is 2.40. The third-order valence-corrected chi connectivity index (χ3v) is 3.85. The lowest BCUT2D eigenvalue weighted by Gasteiger charge is -2.35. The summed E-state index contributed by atoms with van der Waals surface area (Å²) in [6, 6.07) is 10.8. The molecule has 0 aliphatic carbocycles. The summed E-state index contributed by atoms with van der Waals surface area (Å²) in [5.74, 6) is 0.889. The average molecular weight is 232 g/mol. The Kier molecular flexibility index (Phi) is 4.43. The minimum absolute atomic E-state index is 0.889. The molecule has 17 heavy (non-hydrogen) atoms. The van der Waals surface area contributed by atoms with Gasteiger partial charge in [-0.3, -0.25) is 0 Å². The van der Waals surface area contributed by atoms with Gasteiger partial charge in [0.1, 0.15) is 0 Å². The van der Waals surface area contributed by atoms with E-state index in [2.05, 4.69) is 54.1 Å². The molecule has 2 nitrogen and oxygen atoms in total. The molecule has 0 bridgehead atoms. The maximum Gasteiger partial charge on any atom is 0.0366 e. The first-order valence-corrected chi connectivity index (χ1v) is 6.78. The van der Waals surface area contributed by atoms with Gasteiger partial charge in [-0.05, 0) is 44.5 Å². The van der Waals surface area contributed by atoms with E-state index in [1.165, 1.54) is 44.7 Å². The maximum atomic E-state index is 2.52. The lowest BCUT2D eigenvalue weighted by molar-refractivity contribution is 0.258. The van der Waals surface area contributed by atoms with Crippen LogP contribution in [0.15, 0.2) is 30.3 Å². The van der Waals surface area contributed by atoms with Crippen molar-refractivity contribution in [3.63, 3.8) is 0 Å². The standard InChI is InChI=1S/C15H24N2/c1-3-16(2)13-14-9-11-17(12-10-14)15-7-5-4-6-8-15/h4-8,14H,3,9-13H2,1-2H3. The summed E-state index contributed by atoms with van der Waals surface area (Å²) in [6.45, 7) is 7.09. The van der Waals surface area contributed by atoms with Crippen molar-refractivity contribution in [1.29, 1.82) is 0 Å². The van der Waals surface area contributed by atoms with Crippen LogP contribution in [0.25, 0.3) is 0 Å². The van der Waals surface area contributed by atoms with E-state index >= 15 is 0 Å². The number of para-hydroxylation sites is 1. The fourth-order valence-corrected chi connectivity index (χ4v) is 2.58. The smallest absolute Gasteiger partial charge is 0.0366 e. The molecule has 0 atom stereocenters. The molecule has 94 valence electrons. The molecule has 0 radical (unpaired) electrons. The fourth-order valence-electron chi connectivity index (χ4n) is 2.58. The molecule has 2 rings (SSSR count). The predicted molar refractivity (Wildman–Crippen MR) is 74.6 cm³/mol. The Balaban J connectivity index is 1.82. The van der Waals surface area contributed by atoms with Crippen LogP contribution in [-0.2, 0) is 0 Å². The number of benzene rings is 1. The summed E-state index contributed by atoms with van der Waals surface area (Å²) < 4.78 is 0. The minimum atomic E-state index is 0.889. The highest BCUT2D eigenvalue weighted by Gasteiger charge is 2.19. The van der Waals surface area contributed by atoms with E-state index in [0.29, 0.717) is 0 Å². The van der Waals surface area contributed by atoms with Crippen LogP contribution in [0.2, 0.25) is 0 Å². The molecule has 0 spiro atoms.